The Hall–Kier alpha value is -1.65. The number of aromatic nitrogens is 2. The van der Waals surface area contributed by atoms with Crippen LogP contribution in [0.1, 0.15) is 22.0 Å². The van der Waals surface area contributed by atoms with Gasteiger partial charge in [0, 0.05) is 14.1 Å². The van der Waals surface area contributed by atoms with Gasteiger partial charge >= 0.3 is 5.97 Å². The number of nitrogens with zero attached hydrogens (tertiary/aromatic N) is 3. The van der Waals surface area contributed by atoms with Gasteiger partial charge < -0.3 is 10.0 Å². The summed E-state index contributed by atoms with van der Waals surface area (Å²) in [5, 5.41) is 8.95. The quantitative estimate of drug-likeness (QED) is 0.758. The maximum atomic E-state index is 10.9. The third-order valence-electron chi connectivity index (χ3n) is 1.82. The first kappa shape index (κ1) is 10.4. The first-order valence-electron chi connectivity index (χ1n) is 4.19. The van der Waals surface area contributed by atoms with E-state index in [0.29, 0.717) is 17.2 Å². The molecule has 0 atom stereocenters. The molecule has 1 aromatic rings. The molecule has 0 amide bonds. The highest BCUT2D eigenvalue weighted by atomic mass is 16.4. The Morgan fingerprint density at radius 1 is 1.29 bits per heavy atom. The predicted octanol–water partition coefficient (Wildman–Crippen LogP) is 0.858. The van der Waals surface area contributed by atoms with Gasteiger partial charge in [-0.1, -0.05) is 0 Å². The minimum absolute atomic E-state index is 0.0556. The molecular formula is C9H13N3O2. The van der Waals surface area contributed by atoms with Crippen molar-refractivity contribution >= 4 is 11.7 Å². The zero-order chi connectivity index (χ0) is 10.9. The highest BCUT2D eigenvalue weighted by Gasteiger charge is 2.17. The third kappa shape index (κ3) is 1.81. The van der Waals surface area contributed by atoms with Crippen LogP contribution in [0.2, 0.25) is 0 Å². The molecule has 5 heteroatoms. The van der Waals surface area contributed by atoms with E-state index in [1.165, 1.54) is 0 Å². The summed E-state index contributed by atoms with van der Waals surface area (Å²) in [6.07, 6.45) is 0. The molecule has 0 saturated carbocycles. The fourth-order valence-corrected chi connectivity index (χ4v) is 1.39. The van der Waals surface area contributed by atoms with Gasteiger partial charge in [-0.25, -0.2) is 14.8 Å². The first-order valence-corrected chi connectivity index (χ1v) is 4.19. The van der Waals surface area contributed by atoms with Crippen molar-refractivity contribution in [3.05, 3.63) is 17.2 Å². The molecule has 1 heterocycles. The largest absolute Gasteiger partial charge is 0.476 e. The Labute approximate surface area is 82.4 Å². The first-order chi connectivity index (χ1) is 6.43. The van der Waals surface area contributed by atoms with Crippen LogP contribution in [0, 0.1) is 13.8 Å². The second kappa shape index (κ2) is 3.61. The molecule has 76 valence electrons. The van der Waals surface area contributed by atoms with Gasteiger partial charge in [-0.2, -0.15) is 0 Å². The molecule has 0 aromatic carbocycles. The Morgan fingerprint density at radius 3 is 2.29 bits per heavy atom. The number of hydrogen-bond donors (Lipinski definition) is 1. The normalized spacial score (nSPS) is 10.0. The number of hydrogen-bond acceptors (Lipinski definition) is 4. The zero-order valence-corrected chi connectivity index (χ0v) is 8.70. The van der Waals surface area contributed by atoms with Crippen LogP contribution in [0.15, 0.2) is 0 Å². The van der Waals surface area contributed by atoms with Gasteiger partial charge in [0.15, 0.2) is 5.69 Å². The maximum Gasteiger partial charge on any atom is 0.356 e. The number of aryl methyl sites for hydroxylation is 2. The minimum Gasteiger partial charge on any atom is -0.476 e. The molecule has 0 fully saturated rings. The van der Waals surface area contributed by atoms with Gasteiger partial charge in [0.05, 0.1) is 11.4 Å². The van der Waals surface area contributed by atoms with Crippen LogP contribution in [-0.4, -0.2) is 35.1 Å². The summed E-state index contributed by atoms with van der Waals surface area (Å²) >= 11 is 0. The Balaban J connectivity index is 3.44. The molecule has 0 radical (unpaired) electrons. The lowest BCUT2D eigenvalue weighted by molar-refractivity contribution is 0.0690. The molecule has 14 heavy (non-hydrogen) atoms. The van der Waals surface area contributed by atoms with E-state index >= 15 is 0 Å². The fraction of sp³-hybridized carbons (Fsp3) is 0.444. The van der Waals surface area contributed by atoms with Gasteiger partial charge in [-0.3, -0.25) is 0 Å². The molecule has 0 spiro atoms. The number of carboxylic acid groups (broad SMARTS) is 1. The lowest BCUT2D eigenvalue weighted by atomic mass is 10.2. The fourth-order valence-electron chi connectivity index (χ4n) is 1.39. The molecule has 0 aliphatic rings. The number of anilines is 1. The van der Waals surface area contributed by atoms with Crippen LogP contribution < -0.4 is 4.90 Å². The van der Waals surface area contributed by atoms with E-state index in [1.807, 2.05) is 0 Å². The highest BCUT2D eigenvalue weighted by molar-refractivity contribution is 5.92. The van der Waals surface area contributed by atoms with E-state index < -0.39 is 5.97 Å². The summed E-state index contributed by atoms with van der Waals surface area (Å²) < 4.78 is 0. The standard InChI is InChI=1S/C9H13N3O2/c1-5-8(12(3)4)7(9(13)14)11-6(2)10-5/h1-4H3,(H,13,14). The average Bonchev–Trinajstić information content (AvgIpc) is 2.01. The summed E-state index contributed by atoms with van der Waals surface area (Å²) in [5.74, 6) is -0.548. The molecule has 0 aliphatic heterocycles. The van der Waals surface area contributed by atoms with Crippen molar-refractivity contribution in [2.24, 2.45) is 0 Å². The summed E-state index contributed by atoms with van der Waals surface area (Å²) in [6.45, 7) is 3.45. The molecule has 1 N–H and O–H groups in total. The lowest BCUT2D eigenvalue weighted by Gasteiger charge is -2.16. The van der Waals surface area contributed by atoms with E-state index in [-0.39, 0.29) is 5.69 Å². The Morgan fingerprint density at radius 2 is 1.86 bits per heavy atom. The molecule has 0 saturated heterocycles. The number of aromatic carboxylic acids is 1. The van der Waals surface area contributed by atoms with Crippen LogP contribution in [0.5, 0.6) is 0 Å². The van der Waals surface area contributed by atoms with E-state index in [9.17, 15) is 4.79 Å². The molecule has 0 bridgehead atoms. The van der Waals surface area contributed by atoms with Crippen molar-refractivity contribution < 1.29 is 9.90 Å². The molecule has 5 nitrogen and oxygen atoms in total. The van der Waals surface area contributed by atoms with Crippen molar-refractivity contribution in [3.63, 3.8) is 0 Å². The van der Waals surface area contributed by atoms with Gasteiger partial charge in [-0.15, -0.1) is 0 Å². The van der Waals surface area contributed by atoms with E-state index in [2.05, 4.69) is 9.97 Å². The molecule has 0 aliphatic carbocycles. The second-order valence-electron chi connectivity index (χ2n) is 3.25. The topological polar surface area (TPSA) is 66.3 Å². The van der Waals surface area contributed by atoms with Crippen LogP contribution >= 0.6 is 0 Å². The molecule has 0 unspecified atom stereocenters. The summed E-state index contributed by atoms with van der Waals surface area (Å²) in [7, 11) is 3.54. The predicted molar refractivity (Wildman–Crippen MR) is 52.8 cm³/mol. The maximum absolute atomic E-state index is 10.9. The summed E-state index contributed by atoms with van der Waals surface area (Å²) in [5.41, 5.74) is 1.29. The number of carboxylic acids is 1. The van der Waals surface area contributed by atoms with Crippen LogP contribution in [0.4, 0.5) is 5.69 Å². The summed E-state index contributed by atoms with van der Waals surface area (Å²) in [4.78, 5) is 20.6. The van der Waals surface area contributed by atoms with E-state index in [0.717, 1.165) is 0 Å². The molecule has 1 rings (SSSR count). The van der Waals surface area contributed by atoms with Crippen molar-refractivity contribution in [1.29, 1.82) is 0 Å². The van der Waals surface area contributed by atoms with Crippen LogP contribution in [-0.2, 0) is 0 Å². The third-order valence-corrected chi connectivity index (χ3v) is 1.82. The minimum atomic E-state index is -1.03. The Kier molecular flexibility index (Phi) is 2.69. The van der Waals surface area contributed by atoms with Crippen molar-refractivity contribution in [1.82, 2.24) is 9.97 Å². The van der Waals surface area contributed by atoms with Crippen LogP contribution in [0.25, 0.3) is 0 Å². The van der Waals surface area contributed by atoms with Crippen molar-refractivity contribution in [2.75, 3.05) is 19.0 Å². The van der Waals surface area contributed by atoms with E-state index in [4.69, 9.17) is 5.11 Å². The van der Waals surface area contributed by atoms with Gasteiger partial charge in [0.2, 0.25) is 0 Å². The lowest BCUT2D eigenvalue weighted by Crippen LogP contribution is -2.18. The Bertz CT molecular complexity index is 375. The monoisotopic (exact) mass is 195 g/mol. The molecular weight excluding hydrogens is 182 g/mol. The highest BCUT2D eigenvalue weighted by Crippen LogP contribution is 2.20. The van der Waals surface area contributed by atoms with Gasteiger partial charge in [-0.05, 0) is 13.8 Å². The average molecular weight is 195 g/mol. The SMILES string of the molecule is Cc1nc(C)c(N(C)C)c(C(=O)O)n1. The second-order valence-corrected chi connectivity index (χ2v) is 3.25. The van der Waals surface area contributed by atoms with Crippen molar-refractivity contribution in [2.45, 2.75) is 13.8 Å². The van der Waals surface area contributed by atoms with Gasteiger partial charge in [0.1, 0.15) is 5.82 Å². The van der Waals surface area contributed by atoms with Crippen LogP contribution in [0.3, 0.4) is 0 Å². The molecule has 1 aromatic heterocycles. The van der Waals surface area contributed by atoms with Gasteiger partial charge in [0.25, 0.3) is 0 Å². The number of rotatable bonds is 2. The number of carbonyl (C=O) groups is 1. The smallest absolute Gasteiger partial charge is 0.356 e. The summed E-state index contributed by atoms with van der Waals surface area (Å²) in [6, 6.07) is 0. The zero-order valence-electron chi connectivity index (χ0n) is 8.70. The van der Waals surface area contributed by atoms with E-state index in [1.54, 1.807) is 32.8 Å². The van der Waals surface area contributed by atoms with Crippen molar-refractivity contribution in [3.8, 4) is 0 Å².